The molecule has 0 aromatic heterocycles. The molecule has 5 heteroatoms. The Hall–Kier alpha value is -2.32. The average molecular weight is 345 g/mol. The molecule has 0 aliphatic rings. The van der Waals surface area contributed by atoms with Gasteiger partial charge in [0, 0.05) is 10.0 Å². The van der Waals surface area contributed by atoms with Crippen LogP contribution in [0.25, 0.3) is 0 Å². The van der Waals surface area contributed by atoms with Gasteiger partial charge in [0.05, 0.1) is 5.69 Å². The van der Waals surface area contributed by atoms with Crippen molar-refractivity contribution in [2.24, 2.45) is 0 Å². The van der Waals surface area contributed by atoms with E-state index in [1.54, 1.807) is 36.4 Å². The molecule has 1 N–H and O–H groups in total. The van der Waals surface area contributed by atoms with Gasteiger partial charge < -0.3 is 10.1 Å². The van der Waals surface area contributed by atoms with Crippen LogP contribution in [0.5, 0.6) is 5.75 Å². The maximum absolute atomic E-state index is 12.3. The standard InChI is InChI=1S/C16H13BrN2O2/c1-11-8-12(10-13(17)9-11)16(20)19-14-4-2-3-5-15(14)21-7-6-18/h2-5,8-10H,7H2,1H3,(H,19,20). The van der Waals surface area contributed by atoms with Crippen LogP contribution in [0.15, 0.2) is 46.9 Å². The Morgan fingerprint density at radius 1 is 1.33 bits per heavy atom. The maximum atomic E-state index is 12.3. The molecule has 0 heterocycles. The summed E-state index contributed by atoms with van der Waals surface area (Å²) in [5, 5.41) is 11.4. The van der Waals surface area contributed by atoms with E-state index in [0.717, 1.165) is 10.0 Å². The van der Waals surface area contributed by atoms with Crippen LogP contribution in [0.2, 0.25) is 0 Å². The van der Waals surface area contributed by atoms with Crippen LogP contribution in [0, 0.1) is 18.3 Å². The smallest absolute Gasteiger partial charge is 0.255 e. The molecule has 2 aromatic carbocycles. The Morgan fingerprint density at radius 3 is 2.81 bits per heavy atom. The van der Waals surface area contributed by atoms with Crippen LogP contribution in [0.1, 0.15) is 15.9 Å². The van der Waals surface area contributed by atoms with Gasteiger partial charge in [-0.2, -0.15) is 5.26 Å². The zero-order chi connectivity index (χ0) is 15.2. The molecule has 0 saturated heterocycles. The Balaban J connectivity index is 2.21. The summed E-state index contributed by atoms with van der Waals surface area (Å²) in [6, 6.07) is 14.4. The van der Waals surface area contributed by atoms with E-state index in [9.17, 15) is 4.79 Å². The maximum Gasteiger partial charge on any atom is 0.255 e. The fourth-order valence-corrected chi connectivity index (χ4v) is 2.48. The highest BCUT2D eigenvalue weighted by Crippen LogP contribution is 2.25. The van der Waals surface area contributed by atoms with Crippen LogP contribution in [-0.2, 0) is 0 Å². The Labute approximate surface area is 131 Å². The zero-order valence-corrected chi connectivity index (χ0v) is 13.0. The Bertz CT molecular complexity index is 687. The third-order valence-electron chi connectivity index (χ3n) is 2.73. The second-order valence-electron chi connectivity index (χ2n) is 4.41. The second-order valence-corrected chi connectivity index (χ2v) is 5.33. The lowest BCUT2D eigenvalue weighted by Gasteiger charge is -2.11. The first kappa shape index (κ1) is 15.1. The summed E-state index contributed by atoms with van der Waals surface area (Å²) in [7, 11) is 0. The van der Waals surface area contributed by atoms with Crippen LogP contribution in [0.4, 0.5) is 5.69 Å². The zero-order valence-electron chi connectivity index (χ0n) is 11.4. The van der Waals surface area contributed by atoms with Crippen LogP contribution < -0.4 is 10.1 Å². The van der Waals surface area contributed by atoms with E-state index >= 15 is 0 Å². The molecule has 0 aliphatic heterocycles. The van der Waals surface area contributed by atoms with Gasteiger partial charge in [-0.1, -0.05) is 28.1 Å². The molecule has 0 fully saturated rings. The molecule has 0 atom stereocenters. The number of halogens is 1. The van der Waals surface area contributed by atoms with E-state index in [0.29, 0.717) is 17.0 Å². The third kappa shape index (κ3) is 4.07. The molecule has 0 saturated carbocycles. The van der Waals surface area contributed by atoms with Crippen molar-refractivity contribution < 1.29 is 9.53 Å². The molecule has 4 nitrogen and oxygen atoms in total. The van der Waals surface area contributed by atoms with Gasteiger partial charge in [-0.15, -0.1) is 0 Å². The molecular formula is C16H13BrN2O2. The average Bonchev–Trinajstić information content (AvgIpc) is 2.45. The van der Waals surface area contributed by atoms with Crippen molar-refractivity contribution in [3.63, 3.8) is 0 Å². The van der Waals surface area contributed by atoms with Crippen molar-refractivity contribution in [1.29, 1.82) is 5.26 Å². The van der Waals surface area contributed by atoms with E-state index in [4.69, 9.17) is 10.00 Å². The molecule has 1 amide bonds. The largest absolute Gasteiger partial charge is 0.477 e. The number of anilines is 1. The number of para-hydroxylation sites is 2. The monoisotopic (exact) mass is 344 g/mol. The highest BCUT2D eigenvalue weighted by Gasteiger charge is 2.10. The SMILES string of the molecule is Cc1cc(Br)cc(C(=O)Nc2ccccc2OCC#N)c1. The number of hydrogen-bond acceptors (Lipinski definition) is 3. The Kier molecular flexibility index (Phi) is 4.96. The van der Waals surface area contributed by atoms with E-state index in [1.165, 1.54) is 0 Å². The predicted octanol–water partition coefficient (Wildman–Crippen LogP) is 3.91. The van der Waals surface area contributed by atoms with Crippen molar-refractivity contribution in [2.45, 2.75) is 6.92 Å². The fourth-order valence-electron chi connectivity index (χ4n) is 1.87. The number of benzene rings is 2. The number of nitrogens with zero attached hydrogens (tertiary/aromatic N) is 1. The molecular weight excluding hydrogens is 332 g/mol. The summed E-state index contributed by atoms with van der Waals surface area (Å²) in [5.41, 5.74) is 2.08. The van der Waals surface area contributed by atoms with Crippen LogP contribution >= 0.6 is 15.9 Å². The first-order chi connectivity index (χ1) is 10.1. The molecule has 2 aromatic rings. The van der Waals surface area contributed by atoms with Gasteiger partial charge >= 0.3 is 0 Å². The topological polar surface area (TPSA) is 62.1 Å². The van der Waals surface area contributed by atoms with Crippen LogP contribution in [0.3, 0.4) is 0 Å². The number of amides is 1. The summed E-state index contributed by atoms with van der Waals surface area (Å²) < 4.78 is 6.13. The quantitative estimate of drug-likeness (QED) is 0.914. The van der Waals surface area contributed by atoms with Crippen molar-refractivity contribution in [3.05, 3.63) is 58.1 Å². The van der Waals surface area contributed by atoms with Gasteiger partial charge in [-0.25, -0.2) is 0 Å². The van der Waals surface area contributed by atoms with Gasteiger partial charge in [0.2, 0.25) is 0 Å². The highest BCUT2D eigenvalue weighted by molar-refractivity contribution is 9.10. The van der Waals surface area contributed by atoms with E-state index in [1.807, 2.05) is 19.1 Å². The summed E-state index contributed by atoms with van der Waals surface area (Å²) in [5.74, 6) is 0.242. The number of rotatable bonds is 4. The van der Waals surface area contributed by atoms with E-state index in [2.05, 4.69) is 21.2 Å². The predicted molar refractivity (Wildman–Crippen MR) is 84.4 cm³/mol. The van der Waals surface area contributed by atoms with Crippen molar-refractivity contribution in [1.82, 2.24) is 0 Å². The van der Waals surface area contributed by atoms with E-state index in [-0.39, 0.29) is 12.5 Å². The van der Waals surface area contributed by atoms with E-state index < -0.39 is 0 Å². The van der Waals surface area contributed by atoms with Gasteiger partial charge in [-0.3, -0.25) is 4.79 Å². The first-order valence-electron chi connectivity index (χ1n) is 6.27. The minimum Gasteiger partial charge on any atom is -0.477 e. The molecule has 0 radical (unpaired) electrons. The number of carbonyl (C=O) groups is 1. The van der Waals surface area contributed by atoms with Crippen molar-refractivity contribution in [2.75, 3.05) is 11.9 Å². The fraction of sp³-hybridized carbons (Fsp3) is 0.125. The summed E-state index contributed by atoms with van der Waals surface area (Å²) >= 11 is 3.37. The summed E-state index contributed by atoms with van der Waals surface area (Å²) in [4.78, 5) is 12.3. The highest BCUT2D eigenvalue weighted by atomic mass is 79.9. The van der Waals surface area contributed by atoms with Gasteiger partial charge in [-0.05, 0) is 42.8 Å². The number of nitriles is 1. The minimum atomic E-state index is -0.229. The minimum absolute atomic E-state index is 0.0666. The van der Waals surface area contributed by atoms with Gasteiger partial charge in [0.25, 0.3) is 5.91 Å². The lowest BCUT2D eigenvalue weighted by Crippen LogP contribution is -2.13. The number of aryl methyl sites for hydroxylation is 1. The van der Waals surface area contributed by atoms with Crippen LogP contribution in [-0.4, -0.2) is 12.5 Å². The first-order valence-corrected chi connectivity index (χ1v) is 7.07. The number of nitrogens with one attached hydrogen (secondary N) is 1. The normalized spacial score (nSPS) is 9.76. The van der Waals surface area contributed by atoms with Gasteiger partial charge in [0.1, 0.15) is 11.8 Å². The third-order valence-corrected chi connectivity index (χ3v) is 3.19. The molecule has 21 heavy (non-hydrogen) atoms. The summed E-state index contributed by atoms with van der Waals surface area (Å²) in [6.07, 6.45) is 0. The molecule has 2 rings (SSSR count). The summed E-state index contributed by atoms with van der Waals surface area (Å²) in [6.45, 7) is 1.86. The van der Waals surface area contributed by atoms with Crippen molar-refractivity contribution in [3.8, 4) is 11.8 Å². The molecule has 0 aliphatic carbocycles. The molecule has 0 spiro atoms. The number of hydrogen-bond donors (Lipinski definition) is 1. The second kappa shape index (κ2) is 6.91. The number of carbonyl (C=O) groups excluding carboxylic acids is 1. The number of ether oxygens (including phenoxy) is 1. The van der Waals surface area contributed by atoms with Gasteiger partial charge in [0.15, 0.2) is 6.61 Å². The molecule has 0 bridgehead atoms. The Morgan fingerprint density at radius 2 is 2.10 bits per heavy atom. The lowest BCUT2D eigenvalue weighted by molar-refractivity contribution is 0.102. The molecule has 106 valence electrons. The molecule has 0 unspecified atom stereocenters. The lowest BCUT2D eigenvalue weighted by atomic mass is 10.1. The van der Waals surface area contributed by atoms with Crippen molar-refractivity contribution >= 4 is 27.5 Å².